The van der Waals surface area contributed by atoms with Gasteiger partial charge in [-0.15, -0.1) is 0 Å². The van der Waals surface area contributed by atoms with Gasteiger partial charge in [0, 0.05) is 6.61 Å². The van der Waals surface area contributed by atoms with Gasteiger partial charge in [-0.2, -0.15) is 0 Å². The predicted molar refractivity (Wildman–Crippen MR) is 102 cm³/mol. The number of carbonyl (C=O) groups excluding carboxylic acids is 1. The molecule has 1 N–H and O–H groups in total. The Bertz CT molecular complexity index is 498. The summed E-state index contributed by atoms with van der Waals surface area (Å²) in [5, 5.41) is 9.11. The van der Waals surface area contributed by atoms with E-state index >= 15 is 0 Å². The fourth-order valence-electron chi connectivity index (χ4n) is 7.74. The molecule has 0 aromatic carbocycles. The van der Waals surface area contributed by atoms with Gasteiger partial charge in [0.25, 0.3) is 0 Å². The molecule has 5 rings (SSSR count). The zero-order valence-electron chi connectivity index (χ0n) is 16.9. The largest absolute Gasteiger partial charge is 0.466 e. The van der Waals surface area contributed by atoms with Gasteiger partial charge in [0.05, 0.1) is 12.5 Å². The van der Waals surface area contributed by atoms with Crippen LogP contribution in [0.25, 0.3) is 0 Å². The van der Waals surface area contributed by atoms with E-state index in [0.29, 0.717) is 31.0 Å². The summed E-state index contributed by atoms with van der Waals surface area (Å²) in [6, 6.07) is 0. The molecule has 0 spiro atoms. The molecule has 5 saturated carbocycles. The third-order valence-electron chi connectivity index (χ3n) is 9.23. The van der Waals surface area contributed by atoms with Crippen LogP contribution in [-0.2, 0) is 9.53 Å². The number of aliphatic hydroxyl groups is 1. The molecule has 0 heterocycles. The number of rotatable bonds is 3. The van der Waals surface area contributed by atoms with Crippen molar-refractivity contribution in [2.45, 2.75) is 65.7 Å². The number of carbonyl (C=O) groups is 1. The molecule has 5 aliphatic carbocycles. The van der Waals surface area contributed by atoms with E-state index in [0.717, 1.165) is 41.9 Å². The minimum atomic E-state index is 0.0544. The average molecular weight is 363 g/mol. The highest BCUT2D eigenvalue weighted by atomic mass is 16.5. The van der Waals surface area contributed by atoms with E-state index in [2.05, 4.69) is 13.8 Å². The van der Waals surface area contributed by atoms with Crippen LogP contribution in [0.2, 0.25) is 0 Å². The third kappa shape index (κ3) is 3.12. The van der Waals surface area contributed by atoms with E-state index in [1.165, 1.54) is 38.5 Å². The molecule has 0 saturated heterocycles. The lowest BCUT2D eigenvalue weighted by Gasteiger charge is -2.30. The van der Waals surface area contributed by atoms with Crippen molar-refractivity contribution in [1.29, 1.82) is 0 Å². The highest BCUT2D eigenvalue weighted by Crippen LogP contribution is 2.60. The number of ether oxygens (including phenoxy) is 1. The lowest BCUT2D eigenvalue weighted by Crippen LogP contribution is -2.30. The maximum atomic E-state index is 11.7. The minimum Gasteiger partial charge on any atom is -0.466 e. The predicted octanol–water partition coefficient (Wildman–Crippen LogP) is 4.53. The minimum absolute atomic E-state index is 0.0544. The number of hydrogen-bond acceptors (Lipinski definition) is 3. The summed E-state index contributed by atoms with van der Waals surface area (Å²) in [6.07, 6.45) is 9.58. The molecule has 26 heavy (non-hydrogen) atoms. The summed E-state index contributed by atoms with van der Waals surface area (Å²) in [5.41, 5.74) is 0. The first-order chi connectivity index (χ1) is 12.5. The molecule has 0 aliphatic heterocycles. The molecule has 4 bridgehead atoms. The van der Waals surface area contributed by atoms with E-state index in [1.807, 2.05) is 6.92 Å². The van der Waals surface area contributed by atoms with Crippen molar-refractivity contribution in [3.05, 3.63) is 0 Å². The van der Waals surface area contributed by atoms with Crippen LogP contribution in [0.3, 0.4) is 0 Å². The van der Waals surface area contributed by atoms with Gasteiger partial charge in [-0.3, -0.25) is 4.79 Å². The first-order valence-corrected chi connectivity index (χ1v) is 11.3. The highest BCUT2D eigenvalue weighted by molar-refractivity contribution is 5.73. The normalized spacial score (nSPS) is 50.5. The zero-order valence-corrected chi connectivity index (χ0v) is 16.9. The topological polar surface area (TPSA) is 46.5 Å². The number of aliphatic hydroxyl groups excluding tert-OH is 1. The van der Waals surface area contributed by atoms with Crippen molar-refractivity contribution in [3.8, 4) is 0 Å². The van der Waals surface area contributed by atoms with Crippen LogP contribution in [0, 0.1) is 59.2 Å². The Balaban J connectivity index is 0.000000130. The summed E-state index contributed by atoms with van der Waals surface area (Å²) < 4.78 is 5.12. The number of fused-ring (bicyclic) bond motifs is 7. The summed E-state index contributed by atoms with van der Waals surface area (Å²) in [4.78, 5) is 11.7. The van der Waals surface area contributed by atoms with Crippen LogP contribution in [0.1, 0.15) is 65.7 Å². The van der Waals surface area contributed by atoms with Crippen molar-refractivity contribution in [2.75, 3.05) is 13.2 Å². The van der Waals surface area contributed by atoms with Crippen LogP contribution in [0.5, 0.6) is 0 Å². The fraction of sp³-hybridized carbons (Fsp3) is 0.957. The quantitative estimate of drug-likeness (QED) is 0.750. The first kappa shape index (κ1) is 18.8. The van der Waals surface area contributed by atoms with Crippen LogP contribution in [0.15, 0.2) is 0 Å². The van der Waals surface area contributed by atoms with E-state index in [4.69, 9.17) is 9.84 Å². The van der Waals surface area contributed by atoms with Gasteiger partial charge in [-0.25, -0.2) is 0 Å². The Kier molecular flexibility index (Phi) is 5.38. The molecule has 9 unspecified atom stereocenters. The Morgan fingerprint density at radius 2 is 1.54 bits per heavy atom. The van der Waals surface area contributed by atoms with Crippen molar-refractivity contribution in [3.63, 3.8) is 0 Å². The zero-order chi connectivity index (χ0) is 18.4. The molecular formula is C23H38O3. The second kappa shape index (κ2) is 7.45. The van der Waals surface area contributed by atoms with E-state index in [9.17, 15) is 4.79 Å². The van der Waals surface area contributed by atoms with Crippen LogP contribution in [-0.4, -0.2) is 24.3 Å². The molecule has 9 atom stereocenters. The Morgan fingerprint density at radius 1 is 0.885 bits per heavy atom. The van der Waals surface area contributed by atoms with Gasteiger partial charge in [0.15, 0.2) is 0 Å². The van der Waals surface area contributed by atoms with Gasteiger partial charge < -0.3 is 9.84 Å². The summed E-state index contributed by atoms with van der Waals surface area (Å²) in [5.74, 6) is 8.04. The molecule has 3 heteroatoms. The standard InChI is InChI=1S/C12H20O2.C11H18O/c1-4-14-12(13)11-6-9-5-10(11)8(3)7(9)2;12-6-7-3-10-8-1-2-9(5-8)11(10)4-7/h7-11H,4-6H2,1-3H3;7-12H,1-6H2. The molecule has 0 radical (unpaired) electrons. The SMILES string of the molecule is CCOC(=O)C1CC2CC1C(C)C2C.OCC1CC2C3CCC(C3)C2C1. The lowest BCUT2D eigenvalue weighted by atomic mass is 9.76. The summed E-state index contributed by atoms with van der Waals surface area (Å²) >= 11 is 0. The molecular weight excluding hydrogens is 324 g/mol. The summed E-state index contributed by atoms with van der Waals surface area (Å²) in [7, 11) is 0. The fourth-order valence-corrected chi connectivity index (χ4v) is 7.74. The summed E-state index contributed by atoms with van der Waals surface area (Å²) in [6.45, 7) is 7.48. The average Bonchev–Trinajstić information content (AvgIpc) is 3.42. The molecule has 0 amide bonds. The smallest absolute Gasteiger partial charge is 0.309 e. The highest BCUT2D eigenvalue weighted by Gasteiger charge is 2.52. The molecule has 148 valence electrons. The van der Waals surface area contributed by atoms with Crippen LogP contribution in [0.4, 0.5) is 0 Å². The Morgan fingerprint density at radius 3 is 2.04 bits per heavy atom. The molecule has 0 aromatic rings. The van der Waals surface area contributed by atoms with E-state index in [-0.39, 0.29) is 11.9 Å². The molecule has 5 fully saturated rings. The third-order valence-corrected chi connectivity index (χ3v) is 9.23. The Hall–Kier alpha value is -0.570. The van der Waals surface area contributed by atoms with Crippen molar-refractivity contribution >= 4 is 5.97 Å². The number of esters is 1. The second-order valence-electron chi connectivity index (χ2n) is 10.2. The number of hydrogen-bond donors (Lipinski definition) is 1. The monoisotopic (exact) mass is 362 g/mol. The molecule has 0 aromatic heterocycles. The second-order valence-corrected chi connectivity index (χ2v) is 10.2. The van der Waals surface area contributed by atoms with Crippen molar-refractivity contribution in [1.82, 2.24) is 0 Å². The lowest BCUT2D eigenvalue weighted by molar-refractivity contribution is -0.150. The van der Waals surface area contributed by atoms with E-state index in [1.54, 1.807) is 0 Å². The van der Waals surface area contributed by atoms with E-state index < -0.39 is 0 Å². The van der Waals surface area contributed by atoms with Crippen molar-refractivity contribution < 1.29 is 14.6 Å². The van der Waals surface area contributed by atoms with Crippen molar-refractivity contribution in [2.24, 2.45) is 59.2 Å². The maximum Gasteiger partial charge on any atom is 0.309 e. The Labute approximate surface area is 159 Å². The van der Waals surface area contributed by atoms with Crippen LogP contribution >= 0.6 is 0 Å². The van der Waals surface area contributed by atoms with Gasteiger partial charge in [0.2, 0.25) is 0 Å². The van der Waals surface area contributed by atoms with Gasteiger partial charge in [0.1, 0.15) is 0 Å². The molecule has 3 nitrogen and oxygen atoms in total. The van der Waals surface area contributed by atoms with Gasteiger partial charge >= 0.3 is 5.97 Å². The molecule has 5 aliphatic rings. The first-order valence-electron chi connectivity index (χ1n) is 11.3. The van der Waals surface area contributed by atoms with Crippen LogP contribution < -0.4 is 0 Å². The maximum absolute atomic E-state index is 11.7. The van der Waals surface area contributed by atoms with Gasteiger partial charge in [-0.05, 0) is 105 Å². The van der Waals surface area contributed by atoms with Gasteiger partial charge in [-0.1, -0.05) is 13.8 Å².